The summed E-state index contributed by atoms with van der Waals surface area (Å²) in [6.45, 7) is -0.751. The Balaban J connectivity index is 2.32. The minimum atomic E-state index is -1.16. The van der Waals surface area contributed by atoms with Gasteiger partial charge in [-0.1, -0.05) is 12.1 Å². The van der Waals surface area contributed by atoms with Crippen LogP contribution in [0, 0.1) is 0 Å². The molecular weight excluding hydrogens is 252 g/mol. The molecule has 7 heteroatoms. The fourth-order valence-corrected chi connectivity index (χ4v) is 1.89. The standard InChI is InChI=1S/C12H12N2O5/c1-19-9-5-3-2-4-8(9)14-10(15)6-13(12(14)18)7-11(16)17/h2-5H,6-7H2,1H3,(H,16,17). The van der Waals surface area contributed by atoms with E-state index >= 15 is 0 Å². The van der Waals surface area contributed by atoms with E-state index in [-0.39, 0.29) is 6.54 Å². The molecule has 3 amide bonds. The summed E-state index contributed by atoms with van der Waals surface area (Å²) in [7, 11) is 1.43. The number of amides is 3. The number of carboxylic acid groups (broad SMARTS) is 1. The zero-order chi connectivity index (χ0) is 14.0. The van der Waals surface area contributed by atoms with E-state index in [0.717, 1.165) is 9.80 Å². The molecule has 1 aliphatic heterocycles. The van der Waals surface area contributed by atoms with Crippen LogP contribution in [0.2, 0.25) is 0 Å². The van der Waals surface area contributed by atoms with Gasteiger partial charge in [0.2, 0.25) is 0 Å². The zero-order valence-corrected chi connectivity index (χ0v) is 10.2. The molecule has 1 aliphatic rings. The van der Waals surface area contributed by atoms with Crippen molar-refractivity contribution in [2.75, 3.05) is 25.1 Å². The summed E-state index contributed by atoms with van der Waals surface area (Å²) >= 11 is 0. The summed E-state index contributed by atoms with van der Waals surface area (Å²) in [6, 6.07) is 5.91. The van der Waals surface area contributed by atoms with Gasteiger partial charge in [0.15, 0.2) is 0 Å². The van der Waals surface area contributed by atoms with Gasteiger partial charge in [-0.15, -0.1) is 0 Å². The number of aliphatic carboxylic acids is 1. The average Bonchev–Trinajstić information content (AvgIpc) is 2.64. The Bertz CT molecular complexity index is 543. The maximum Gasteiger partial charge on any atom is 0.332 e. The number of urea groups is 1. The number of methoxy groups -OCH3 is 1. The van der Waals surface area contributed by atoms with Crippen LogP contribution in [0.3, 0.4) is 0 Å². The molecule has 1 saturated heterocycles. The largest absolute Gasteiger partial charge is 0.495 e. The van der Waals surface area contributed by atoms with E-state index in [2.05, 4.69) is 0 Å². The highest BCUT2D eigenvalue weighted by molar-refractivity contribution is 6.20. The third-order valence-electron chi connectivity index (χ3n) is 2.69. The maximum atomic E-state index is 12.0. The predicted molar refractivity (Wildman–Crippen MR) is 65.1 cm³/mol. The molecule has 2 rings (SSSR count). The van der Waals surface area contributed by atoms with Crippen LogP contribution in [0.1, 0.15) is 0 Å². The van der Waals surface area contributed by atoms with Gasteiger partial charge in [0.1, 0.15) is 18.8 Å². The lowest BCUT2D eigenvalue weighted by Crippen LogP contribution is -2.35. The Kier molecular flexibility index (Phi) is 3.37. The Labute approximate surface area is 109 Å². The van der Waals surface area contributed by atoms with Crippen LogP contribution in [-0.4, -0.2) is 48.1 Å². The summed E-state index contributed by atoms with van der Waals surface area (Å²) in [4.78, 5) is 36.4. The minimum absolute atomic E-state index is 0.247. The first kappa shape index (κ1) is 12.9. The number of carboxylic acids is 1. The van der Waals surface area contributed by atoms with Gasteiger partial charge in [0, 0.05) is 0 Å². The third-order valence-corrected chi connectivity index (χ3v) is 2.69. The van der Waals surface area contributed by atoms with Crippen molar-refractivity contribution in [3.63, 3.8) is 0 Å². The molecule has 0 bridgehead atoms. The molecule has 0 radical (unpaired) electrons. The number of anilines is 1. The Hall–Kier alpha value is -2.57. The van der Waals surface area contributed by atoms with Gasteiger partial charge >= 0.3 is 12.0 Å². The Morgan fingerprint density at radius 1 is 1.37 bits per heavy atom. The van der Waals surface area contributed by atoms with Crippen molar-refractivity contribution in [1.29, 1.82) is 0 Å². The molecule has 1 N–H and O–H groups in total. The van der Waals surface area contributed by atoms with Gasteiger partial charge < -0.3 is 14.7 Å². The van der Waals surface area contributed by atoms with E-state index in [4.69, 9.17) is 9.84 Å². The van der Waals surface area contributed by atoms with Crippen molar-refractivity contribution in [2.24, 2.45) is 0 Å². The van der Waals surface area contributed by atoms with Crippen molar-refractivity contribution in [2.45, 2.75) is 0 Å². The molecule has 0 aromatic heterocycles. The summed E-state index contributed by atoms with van der Waals surface area (Å²) in [5, 5.41) is 8.69. The molecule has 1 aromatic rings. The smallest absolute Gasteiger partial charge is 0.332 e. The van der Waals surface area contributed by atoms with E-state index in [1.165, 1.54) is 7.11 Å². The number of para-hydroxylation sites is 2. The van der Waals surface area contributed by atoms with Crippen LogP contribution < -0.4 is 9.64 Å². The number of carbonyl (C=O) groups excluding carboxylic acids is 2. The highest BCUT2D eigenvalue weighted by atomic mass is 16.5. The van der Waals surface area contributed by atoms with Gasteiger partial charge in [0.05, 0.1) is 12.8 Å². The first-order valence-corrected chi connectivity index (χ1v) is 5.51. The lowest BCUT2D eigenvalue weighted by atomic mass is 10.2. The second kappa shape index (κ2) is 4.97. The second-order valence-corrected chi connectivity index (χ2v) is 3.93. The van der Waals surface area contributed by atoms with E-state index in [1.54, 1.807) is 24.3 Å². The molecule has 0 aliphatic carbocycles. The number of carbonyl (C=O) groups is 3. The summed E-state index contributed by atoms with van der Waals surface area (Å²) in [6.07, 6.45) is 0. The summed E-state index contributed by atoms with van der Waals surface area (Å²) < 4.78 is 5.09. The first-order chi connectivity index (χ1) is 9.04. The van der Waals surface area contributed by atoms with Crippen LogP contribution >= 0.6 is 0 Å². The number of hydrogen-bond donors (Lipinski definition) is 1. The fourth-order valence-electron chi connectivity index (χ4n) is 1.89. The van der Waals surface area contributed by atoms with E-state index in [0.29, 0.717) is 11.4 Å². The van der Waals surface area contributed by atoms with Crippen LogP contribution in [-0.2, 0) is 9.59 Å². The van der Waals surface area contributed by atoms with Crippen molar-refractivity contribution in [1.82, 2.24) is 4.90 Å². The monoisotopic (exact) mass is 264 g/mol. The normalized spacial score (nSPS) is 15.0. The number of hydrogen-bond acceptors (Lipinski definition) is 4. The van der Waals surface area contributed by atoms with E-state index < -0.39 is 24.5 Å². The number of imide groups is 1. The predicted octanol–water partition coefficient (Wildman–Crippen LogP) is 0.548. The van der Waals surface area contributed by atoms with Crippen LogP contribution in [0.15, 0.2) is 24.3 Å². The van der Waals surface area contributed by atoms with Crippen molar-refractivity contribution in [3.8, 4) is 5.75 Å². The molecule has 19 heavy (non-hydrogen) atoms. The Morgan fingerprint density at radius 3 is 2.68 bits per heavy atom. The van der Waals surface area contributed by atoms with Gasteiger partial charge in [0.25, 0.3) is 5.91 Å². The minimum Gasteiger partial charge on any atom is -0.495 e. The molecule has 1 heterocycles. The summed E-state index contributed by atoms with van der Waals surface area (Å²) in [5.74, 6) is -1.26. The quantitative estimate of drug-likeness (QED) is 0.802. The zero-order valence-electron chi connectivity index (χ0n) is 10.2. The van der Waals surface area contributed by atoms with Crippen LogP contribution in [0.25, 0.3) is 0 Å². The van der Waals surface area contributed by atoms with Gasteiger partial charge in [-0.25, -0.2) is 9.69 Å². The van der Waals surface area contributed by atoms with Crippen molar-refractivity contribution in [3.05, 3.63) is 24.3 Å². The number of nitrogens with zero attached hydrogens (tertiary/aromatic N) is 2. The molecular formula is C12H12N2O5. The average molecular weight is 264 g/mol. The van der Waals surface area contributed by atoms with Crippen molar-refractivity contribution >= 4 is 23.6 Å². The molecule has 100 valence electrons. The molecule has 1 fully saturated rings. The lowest BCUT2D eigenvalue weighted by Gasteiger charge is -2.17. The fraction of sp³-hybridized carbons (Fsp3) is 0.250. The Morgan fingerprint density at radius 2 is 2.05 bits per heavy atom. The van der Waals surface area contributed by atoms with E-state index in [9.17, 15) is 14.4 Å². The molecule has 0 unspecified atom stereocenters. The number of ether oxygens (including phenoxy) is 1. The second-order valence-electron chi connectivity index (χ2n) is 3.93. The third kappa shape index (κ3) is 2.35. The molecule has 0 spiro atoms. The van der Waals surface area contributed by atoms with E-state index in [1.807, 2.05) is 0 Å². The van der Waals surface area contributed by atoms with Crippen LogP contribution in [0.5, 0.6) is 5.75 Å². The first-order valence-electron chi connectivity index (χ1n) is 5.51. The SMILES string of the molecule is COc1ccccc1N1C(=O)CN(CC(=O)O)C1=O. The maximum absolute atomic E-state index is 12.0. The topological polar surface area (TPSA) is 87.2 Å². The molecule has 1 aromatic carbocycles. The summed E-state index contributed by atoms with van der Waals surface area (Å²) in [5.41, 5.74) is 0.313. The number of benzene rings is 1. The highest BCUT2D eigenvalue weighted by Gasteiger charge is 2.39. The van der Waals surface area contributed by atoms with Gasteiger partial charge in [-0.2, -0.15) is 0 Å². The lowest BCUT2D eigenvalue weighted by molar-refractivity contribution is -0.137. The van der Waals surface area contributed by atoms with Gasteiger partial charge in [-0.05, 0) is 12.1 Å². The molecule has 0 atom stereocenters. The number of rotatable bonds is 4. The molecule has 7 nitrogen and oxygen atoms in total. The van der Waals surface area contributed by atoms with Crippen molar-refractivity contribution < 1.29 is 24.2 Å². The van der Waals surface area contributed by atoms with Crippen LogP contribution in [0.4, 0.5) is 10.5 Å². The van der Waals surface area contributed by atoms with Gasteiger partial charge in [-0.3, -0.25) is 9.59 Å². The molecule has 0 saturated carbocycles. The highest BCUT2D eigenvalue weighted by Crippen LogP contribution is 2.30.